The van der Waals surface area contributed by atoms with Gasteiger partial charge in [0.25, 0.3) is 0 Å². The molecular weight excluding hydrogens is 286 g/mol. The molecule has 1 aliphatic heterocycles. The van der Waals surface area contributed by atoms with Gasteiger partial charge in [-0.2, -0.15) is 8.78 Å². The van der Waals surface area contributed by atoms with Gasteiger partial charge in [0.15, 0.2) is 12.2 Å². The number of hydrogen-bond acceptors (Lipinski definition) is 5. The number of carbonyl (C=O) groups is 1. The van der Waals surface area contributed by atoms with Crippen LogP contribution >= 0.6 is 0 Å². The first kappa shape index (κ1) is 15.8. The van der Waals surface area contributed by atoms with Gasteiger partial charge in [0, 0.05) is 7.11 Å². The molecule has 1 aromatic rings. The molecule has 0 bridgehead atoms. The molecule has 1 unspecified atom stereocenters. The zero-order chi connectivity index (χ0) is 15.6. The molecule has 4 atom stereocenters. The van der Waals surface area contributed by atoms with Crippen molar-refractivity contribution in [3.63, 3.8) is 0 Å². The summed E-state index contributed by atoms with van der Waals surface area (Å²) in [6.45, 7) is 1.42. The number of aliphatic hydroxyl groups is 1. The Balaban J connectivity index is 2.19. The second kappa shape index (κ2) is 6.05. The van der Waals surface area contributed by atoms with Crippen molar-refractivity contribution in [1.82, 2.24) is 0 Å². The van der Waals surface area contributed by atoms with E-state index in [0.717, 1.165) is 7.11 Å². The Morgan fingerprint density at radius 3 is 2.52 bits per heavy atom. The van der Waals surface area contributed by atoms with E-state index in [4.69, 9.17) is 14.2 Å². The van der Waals surface area contributed by atoms with Gasteiger partial charge in [-0.15, -0.1) is 0 Å². The molecule has 1 saturated heterocycles. The van der Waals surface area contributed by atoms with Crippen LogP contribution < -0.4 is 0 Å². The van der Waals surface area contributed by atoms with E-state index in [2.05, 4.69) is 0 Å². The van der Waals surface area contributed by atoms with Crippen molar-refractivity contribution in [3.8, 4) is 0 Å². The number of aliphatic hydroxyl groups excluding tert-OH is 1. The summed E-state index contributed by atoms with van der Waals surface area (Å²) in [5, 5.41) is 9.29. The number of rotatable bonds is 3. The normalized spacial score (nSPS) is 31.7. The average molecular weight is 302 g/mol. The average Bonchev–Trinajstić information content (AvgIpc) is 2.46. The predicted octanol–water partition coefficient (Wildman–Crippen LogP) is 1.60. The zero-order valence-corrected chi connectivity index (χ0v) is 11.5. The first-order valence-corrected chi connectivity index (χ1v) is 6.38. The summed E-state index contributed by atoms with van der Waals surface area (Å²) in [5.74, 6) is -4.44. The number of methoxy groups -OCH3 is 1. The van der Waals surface area contributed by atoms with E-state index in [1.54, 1.807) is 18.2 Å². The Labute approximate surface area is 120 Å². The number of carbonyl (C=O) groups excluding carboxylic acids is 1. The van der Waals surface area contributed by atoms with E-state index in [1.807, 2.05) is 0 Å². The van der Waals surface area contributed by atoms with Crippen LogP contribution in [0.3, 0.4) is 0 Å². The Bertz CT molecular complexity index is 493. The van der Waals surface area contributed by atoms with E-state index >= 15 is 0 Å². The summed E-state index contributed by atoms with van der Waals surface area (Å²) in [4.78, 5) is 12.0. The highest BCUT2D eigenvalue weighted by molar-refractivity contribution is 5.89. The van der Waals surface area contributed by atoms with Crippen molar-refractivity contribution in [2.24, 2.45) is 0 Å². The Morgan fingerprint density at radius 2 is 1.95 bits per heavy atom. The van der Waals surface area contributed by atoms with Crippen molar-refractivity contribution in [2.75, 3.05) is 7.11 Å². The third-order valence-corrected chi connectivity index (χ3v) is 3.32. The highest BCUT2D eigenvalue weighted by Crippen LogP contribution is 2.36. The van der Waals surface area contributed by atoms with Gasteiger partial charge >= 0.3 is 11.9 Å². The maximum Gasteiger partial charge on any atom is 0.338 e. The van der Waals surface area contributed by atoms with Crippen LogP contribution in [-0.4, -0.2) is 48.7 Å². The Hall–Kier alpha value is -1.57. The largest absolute Gasteiger partial charge is 0.453 e. The Kier molecular flexibility index (Phi) is 4.55. The molecule has 2 rings (SSSR count). The molecular formula is C14H16F2O5. The molecule has 1 aliphatic rings. The summed E-state index contributed by atoms with van der Waals surface area (Å²) in [5.41, 5.74) is 0.231. The molecule has 0 aliphatic carbocycles. The van der Waals surface area contributed by atoms with Gasteiger partial charge in [-0.05, 0) is 19.1 Å². The summed E-state index contributed by atoms with van der Waals surface area (Å²) in [6, 6.07) is 7.98. The van der Waals surface area contributed by atoms with Gasteiger partial charge in [-0.25, -0.2) is 4.79 Å². The molecule has 21 heavy (non-hydrogen) atoms. The van der Waals surface area contributed by atoms with Gasteiger partial charge in [-0.3, -0.25) is 0 Å². The molecule has 116 valence electrons. The number of hydrogen-bond donors (Lipinski definition) is 1. The molecule has 5 nitrogen and oxygen atoms in total. The van der Waals surface area contributed by atoms with Crippen LogP contribution in [0.4, 0.5) is 8.78 Å². The molecule has 0 radical (unpaired) electrons. The standard InChI is InChI=1S/C14H16F2O5/c1-8-10(11(19-2)14(15,16)13(18)20-8)21-12(17)9-6-4-3-5-7-9/h3-8,10-11,13,18H,1-2H3/t8-,10-,11+,13?/m0/s1. The van der Waals surface area contributed by atoms with Crippen molar-refractivity contribution in [3.05, 3.63) is 35.9 Å². The minimum atomic E-state index is -3.68. The number of esters is 1. The van der Waals surface area contributed by atoms with Gasteiger partial charge in [0.1, 0.15) is 0 Å². The van der Waals surface area contributed by atoms with Crippen molar-refractivity contribution in [2.45, 2.75) is 37.4 Å². The van der Waals surface area contributed by atoms with Crippen LogP contribution in [-0.2, 0) is 14.2 Å². The lowest BCUT2D eigenvalue weighted by molar-refractivity contribution is -0.342. The monoisotopic (exact) mass is 302 g/mol. The molecule has 1 heterocycles. The lowest BCUT2D eigenvalue weighted by Crippen LogP contribution is -2.62. The smallest absolute Gasteiger partial charge is 0.338 e. The van der Waals surface area contributed by atoms with Crippen LogP contribution in [0.1, 0.15) is 17.3 Å². The van der Waals surface area contributed by atoms with Gasteiger partial charge in [-0.1, -0.05) is 18.2 Å². The maximum atomic E-state index is 13.8. The molecule has 0 aromatic heterocycles. The van der Waals surface area contributed by atoms with Gasteiger partial charge in [0.05, 0.1) is 11.7 Å². The highest BCUT2D eigenvalue weighted by atomic mass is 19.3. The SMILES string of the molecule is CO[C@@H]1[C@@H](OC(=O)c2ccccc2)[C@H](C)OC(O)C1(F)F. The summed E-state index contributed by atoms with van der Waals surface area (Å²) in [7, 11) is 1.06. The van der Waals surface area contributed by atoms with Crippen molar-refractivity contribution in [1.29, 1.82) is 0 Å². The van der Waals surface area contributed by atoms with E-state index < -0.39 is 36.5 Å². The number of alkyl halides is 2. The second-order valence-electron chi connectivity index (χ2n) is 4.76. The predicted molar refractivity (Wildman–Crippen MR) is 67.9 cm³/mol. The maximum absolute atomic E-state index is 13.8. The lowest BCUT2D eigenvalue weighted by atomic mass is 9.98. The molecule has 0 amide bonds. The quantitative estimate of drug-likeness (QED) is 0.859. The third kappa shape index (κ3) is 3.04. The molecule has 0 saturated carbocycles. The van der Waals surface area contributed by atoms with Crippen LogP contribution in [0.2, 0.25) is 0 Å². The van der Waals surface area contributed by atoms with E-state index in [9.17, 15) is 18.7 Å². The first-order valence-electron chi connectivity index (χ1n) is 6.38. The zero-order valence-electron chi connectivity index (χ0n) is 11.5. The third-order valence-electron chi connectivity index (χ3n) is 3.32. The topological polar surface area (TPSA) is 65.0 Å². The van der Waals surface area contributed by atoms with E-state index in [0.29, 0.717) is 0 Å². The van der Waals surface area contributed by atoms with Gasteiger partial charge in [0.2, 0.25) is 6.29 Å². The fraction of sp³-hybridized carbons (Fsp3) is 0.500. The molecule has 1 aromatic carbocycles. The lowest BCUT2D eigenvalue weighted by Gasteiger charge is -2.42. The minimum absolute atomic E-state index is 0.231. The minimum Gasteiger partial charge on any atom is -0.453 e. The van der Waals surface area contributed by atoms with Crippen LogP contribution in [0.15, 0.2) is 30.3 Å². The fourth-order valence-corrected chi connectivity index (χ4v) is 2.19. The van der Waals surface area contributed by atoms with Crippen LogP contribution in [0, 0.1) is 0 Å². The summed E-state index contributed by atoms with van der Waals surface area (Å²) < 4.78 is 42.3. The van der Waals surface area contributed by atoms with Crippen molar-refractivity contribution < 1.29 is 32.9 Å². The summed E-state index contributed by atoms with van der Waals surface area (Å²) >= 11 is 0. The van der Waals surface area contributed by atoms with E-state index in [1.165, 1.54) is 19.1 Å². The van der Waals surface area contributed by atoms with Crippen molar-refractivity contribution >= 4 is 5.97 Å². The van der Waals surface area contributed by atoms with E-state index in [-0.39, 0.29) is 5.56 Å². The molecule has 7 heteroatoms. The number of halogens is 2. The van der Waals surface area contributed by atoms with Crippen LogP contribution in [0.25, 0.3) is 0 Å². The Morgan fingerprint density at radius 1 is 1.33 bits per heavy atom. The first-order chi connectivity index (χ1) is 9.87. The van der Waals surface area contributed by atoms with Gasteiger partial charge < -0.3 is 19.3 Å². The molecule has 0 spiro atoms. The number of benzene rings is 1. The fourth-order valence-electron chi connectivity index (χ4n) is 2.19. The summed E-state index contributed by atoms with van der Waals surface area (Å²) in [6.07, 6.45) is -6.36. The molecule has 1 N–H and O–H groups in total. The number of ether oxygens (including phenoxy) is 3. The van der Waals surface area contributed by atoms with Crippen LogP contribution in [0.5, 0.6) is 0 Å². The molecule has 1 fully saturated rings. The second-order valence-corrected chi connectivity index (χ2v) is 4.76. The highest BCUT2D eigenvalue weighted by Gasteiger charge is 2.59.